The van der Waals surface area contributed by atoms with Gasteiger partial charge in [0.2, 0.25) is 0 Å². The van der Waals surface area contributed by atoms with Crippen molar-refractivity contribution in [3.8, 4) is 17.0 Å². The number of rotatable bonds is 6. The fraction of sp³-hybridized carbons (Fsp3) is 0.227. The molecule has 0 aliphatic carbocycles. The smallest absolute Gasteiger partial charge is 0.181 e. The molecule has 4 rings (SSSR count). The van der Waals surface area contributed by atoms with Crippen LogP contribution in [0.5, 0.6) is 5.75 Å². The van der Waals surface area contributed by atoms with Crippen molar-refractivity contribution in [1.82, 2.24) is 19.6 Å². The maximum atomic E-state index is 5.64. The van der Waals surface area contributed by atoms with Crippen molar-refractivity contribution >= 4 is 5.65 Å². The van der Waals surface area contributed by atoms with Crippen LogP contribution in [0.15, 0.2) is 54.9 Å². The first-order valence-corrected chi connectivity index (χ1v) is 9.33. The third-order valence-corrected chi connectivity index (χ3v) is 4.44. The summed E-state index contributed by atoms with van der Waals surface area (Å²) in [6, 6.07) is 14.3. The maximum absolute atomic E-state index is 5.64. The molecule has 0 fully saturated rings. The Bertz CT molecular complexity index is 1100. The Hall–Kier alpha value is -3.25. The summed E-state index contributed by atoms with van der Waals surface area (Å²) >= 11 is 0. The first-order valence-electron chi connectivity index (χ1n) is 9.33. The second-order valence-electron chi connectivity index (χ2n) is 6.91. The monoisotopic (exact) mass is 373 g/mol. The van der Waals surface area contributed by atoms with Gasteiger partial charge in [0.1, 0.15) is 18.1 Å². The van der Waals surface area contributed by atoms with E-state index in [1.54, 1.807) is 10.7 Å². The molecule has 2 aromatic carbocycles. The fourth-order valence-corrected chi connectivity index (χ4v) is 3.40. The van der Waals surface area contributed by atoms with Gasteiger partial charge in [-0.3, -0.25) is 4.98 Å². The second-order valence-corrected chi connectivity index (χ2v) is 6.91. The third-order valence-electron chi connectivity index (χ3n) is 4.44. The van der Waals surface area contributed by atoms with E-state index in [0.29, 0.717) is 19.6 Å². The highest BCUT2D eigenvalue weighted by Gasteiger charge is 2.12. The van der Waals surface area contributed by atoms with Crippen LogP contribution < -0.4 is 10.5 Å². The highest BCUT2D eigenvalue weighted by Crippen LogP contribution is 2.25. The van der Waals surface area contributed by atoms with Crippen molar-refractivity contribution < 1.29 is 4.74 Å². The fourth-order valence-electron chi connectivity index (χ4n) is 3.40. The van der Waals surface area contributed by atoms with Crippen LogP contribution in [0.2, 0.25) is 0 Å². The van der Waals surface area contributed by atoms with Gasteiger partial charge in [0, 0.05) is 30.9 Å². The highest BCUT2D eigenvalue weighted by molar-refractivity contribution is 5.74. The third kappa shape index (κ3) is 3.87. The lowest BCUT2D eigenvalue weighted by Crippen LogP contribution is -2.10. The predicted molar refractivity (Wildman–Crippen MR) is 109 cm³/mol. The van der Waals surface area contributed by atoms with Crippen molar-refractivity contribution in [2.75, 3.05) is 13.2 Å². The Morgan fingerprint density at radius 1 is 1.07 bits per heavy atom. The van der Waals surface area contributed by atoms with Crippen LogP contribution in [0.4, 0.5) is 0 Å². The van der Waals surface area contributed by atoms with Gasteiger partial charge in [-0.05, 0) is 31.5 Å². The summed E-state index contributed by atoms with van der Waals surface area (Å²) in [4.78, 5) is 9.31. The SMILES string of the molecule is Cc1cc(C)cc(Cc2nc3c(-c4cccc(OCCN)c4)nccn3n2)c1. The van der Waals surface area contributed by atoms with Gasteiger partial charge >= 0.3 is 0 Å². The van der Waals surface area contributed by atoms with Crippen molar-refractivity contribution in [2.24, 2.45) is 5.73 Å². The molecule has 0 spiro atoms. The Kier molecular flexibility index (Phi) is 5.04. The number of aryl methyl sites for hydroxylation is 2. The lowest BCUT2D eigenvalue weighted by molar-refractivity contribution is 0.328. The molecule has 2 heterocycles. The molecule has 4 aromatic rings. The number of hydrogen-bond donors (Lipinski definition) is 1. The zero-order valence-corrected chi connectivity index (χ0v) is 16.1. The molecule has 0 aliphatic rings. The summed E-state index contributed by atoms with van der Waals surface area (Å²) in [5.74, 6) is 1.54. The molecular formula is C22H23N5O. The van der Waals surface area contributed by atoms with E-state index in [1.165, 1.54) is 16.7 Å². The van der Waals surface area contributed by atoms with Crippen molar-refractivity contribution in [3.05, 3.63) is 77.4 Å². The molecule has 28 heavy (non-hydrogen) atoms. The number of ether oxygens (including phenoxy) is 1. The van der Waals surface area contributed by atoms with Crippen LogP contribution in [-0.4, -0.2) is 32.7 Å². The minimum Gasteiger partial charge on any atom is -0.492 e. The van der Waals surface area contributed by atoms with Crippen LogP contribution >= 0.6 is 0 Å². The molecule has 0 bridgehead atoms. The Morgan fingerprint density at radius 3 is 2.68 bits per heavy atom. The van der Waals surface area contributed by atoms with Crippen LogP contribution in [-0.2, 0) is 6.42 Å². The number of aromatic nitrogens is 4. The molecule has 0 unspecified atom stereocenters. The molecule has 6 nitrogen and oxygen atoms in total. The lowest BCUT2D eigenvalue weighted by Gasteiger charge is -2.07. The molecule has 142 valence electrons. The summed E-state index contributed by atoms with van der Waals surface area (Å²) in [5, 5.41) is 4.64. The van der Waals surface area contributed by atoms with Gasteiger partial charge < -0.3 is 10.5 Å². The van der Waals surface area contributed by atoms with Crippen molar-refractivity contribution in [3.63, 3.8) is 0 Å². The van der Waals surface area contributed by atoms with E-state index in [2.05, 4.69) is 42.1 Å². The van der Waals surface area contributed by atoms with Crippen LogP contribution in [0.25, 0.3) is 16.9 Å². The lowest BCUT2D eigenvalue weighted by atomic mass is 10.1. The standard InChI is InChI=1S/C22H23N5O/c1-15-10-16(2)12-17(11-15)13-20-25-22-21(24-7-8-27(22)26-20)18-4-3-5-19(14-18)28-9-6-23/h3-5,7-8,10-12,14H,6,9,13,23H2,1-2H3. The molecule has 0 saturated heterocycles. The molecular weight excluding hydrogens is 350 g/mol. The number of fused-ring (bicyclic) bond motifs is 1. The summed E-state index contributed by atoms with van der Waals surface area (Å²) in [7, 11) is 0. The van der Waals surface area contributed by atoms with Gasteiger partial charge in [-0.25, -0.2) is 9.50 Å². The van der Waals surface area contributed by atoms with E-state index in [9.17, 15) is 0 Å². The molecule has 6 heteroatoms. The summed E-state index contributed by atoms with van der Waals surface area (Å²) < 4.78 is 7.43. The molecule has 0 aliphatic heterocycles. The highest BCUT2D eigenvalue weighted by atomic mass is 16.5. The average Bonchev–Trinajstić information content (AvgIpc) is 3.08. The van der Waals surface area contributed by atoms with Crippen molar-refractivity contribution in [1.29, 1.82) is 0 Å². The van der Waals surface area contributed by atoms with Crippen LogP contribution in [0, 0.1) is 13.8 Å². The van der Waals surface area contributed by atoms with E-state index in [4.69, 9.17) is 15.5 Å². The van der Waals surface area contributed by atoms with E-state index in [-0.39, 0.29) is 0 Å². The number of benzene rings is 2. The van der Waals surface area contributed by atoms with Crippen molar-refractivity contribution in [2.45, 2.75) is 20.3 Å². The molecule has 0 amide bonds. The predicted octanol–water partition coefficient (Wildman–Crippen LogP) is 3.34. The summed E-state index contributed by atoms with van der Waals surface area (Å²) in [6.45, 7) is 5.17. The number of hydrogen-bond acceptors (Lipinski definition) is 5. The maximum Gasteiger partial charge on any atom is 0.181 e. The Labute approximate surface area is 164 Å². The minimum absolute atomic E-state index is 0.476. The number of nitrogens with zero attached hydrogens (tertiary/aromatic N) is 4. The van der Waals surface area contributed by atoms with Gasteiger partial charge in [0.05, 0.1) is 0 Å². The van der Waals surface area contributed by atoms with E-state index in [0.717, 1.165) is 28.5 Å². The summed E-state index contributed by atoms with van der Waals surface area (Å²) in [6.07, 6.45) is 4.25. The van der Waals surface area contributed by atoms with Gasteiger partial charge in [-0.2, -0.15) is 5.10 Å². The molecule has 0 atom stereocenters. The zero-order valence-electron chi connectivity index (χ0n) is 16.1. The van der Waals surface area contributed by atoms with Gasteiger partial charge in [0.15, 0.2) is 11.5 Å². The molecule has 0 radical (unpaired) electrons. The van der Waals surface area contributed by atoms with Crippen LogP contribution in [0.3, 0.4) is 0 Å². The Morgan fingerprint density at radius 2 is 1.89 bits per heavy atom. The average molecular weight is 373 g/mol. The zero-order chi connectivity index (χ0) is 19.5. The second kappa shape index (κ2) is 7.78. The van der Waals surface area contributed by atoms with E-state index < -0.39 is 0 Å². The largest absolute Gasteiger partial charge is 0.492 e. The summed E-state index contributed by atoms with van der Waals surface area (Å²) in [5.41, 5.74) is 11.7. The van der Waals surface area contributed by atoms with E-state index >= 15 is 0 Å². The normalized spacial score (nSPS) is 11.1. The molecule has 2 N–H and O–H groups in total. The van der Waals surface area contributed by atoms with Crippen LogP contribution in [0.1, 0.15) is 22.5 Å². The first kappa shape index (κ1) is 18.1. The van der Waals surface area contributed by atoms with E-state index in [1.807, 2.05) is 30.5 Å². The van der Waals surface area contributed by atoms with Gasteiger partial charge in [0.25, 0.3) is 0 Å². The topological polar surface area (TPSA) is 78.3 Å². The Balaban J connectivity index is 1.69. The molecule has 2 aromatic heterocycles. The molecule has 0 saturated carbocycles. The van der Waals surface area contributed by atoms with Gasteiger partial charge in [-0.1, -0.05) is 41.5 Å². The first-order chi connectivity index (χ1) is 13.6. The van der Waals surface area contributed by atoms with Gasteiger partial charge in [-0.15, -0.1) is 0 Å². The number of nitrogens with two attached hydrogens (primary N) is 1. The minimum atomic E-state index is 0.476. The quantitative estimate of drug-likeness (QED) is 0.561.